The molecule has 3 rings (SSSR count). The molecule has 3 heteroatoms. The highest BCUT2D eigenvalue weighted by Gasteiger charge is 2.12. The minimum absolute atomic E-state index is 0.636. The van der Waals surface area contributed by atoms with Gasteiger partial charge in [-0.1, -0.05) is 18.2 Å². The molecule has 1 aliphatic rings. The molecule has 1 aliphatic heterocycles. The maximum absolute atomic E-state index is 5.55. The van der Waals surface area contributed by atoms with E-state index >= 15 is 0 Å². The largest absolute Gasteiger partial charge is 0.464 e. The van der Waals surface area contributed by atoms with Crippen LogP contribution in [0.4, 0.5) is 0 Å². The first kappa shape index (κ1) is 11.8. The standard InChI is InChI=1S/C15H20N2O/c1-2-6-15-14(5-1)12(11-18-15)7-9-17-13-4-3-8-16-10-13/h1-2,5-6,11,13,16-17H,3-4,7-10H2. The third-order valence-corrected chi connectivity index (χ3v) is 3.69. The lowest BCUT2D eigenvalue weighted by atomic mass is 10.1. The number of nitrogens with one attached hydrogen (secondary N) is 2. The molecular weight excluding hydrogens is 224 g/mol. The summed E-state index contributed by atoms with van der Waals surface area (Å²) in [5, 5.41) is 8.30. The van der Waals surface area contributed by atoms with Crippen LogP contribution in [0.25, 0.3) is 11.0 Å². The molecule has 1 fully saturated rings. The lowest BCUT2D eigenvalue weighted by Gasteiger charge is -2.23. The third-order valence-electron chi connectivity index (χ3n) is 3.69. The molecule has 0 amide bonds. The van der Waals surface area contributed by atoms with Crippen LogP contribution >= 0.6 is 0 Å². The van der Waals surface area contributed by atoms with Crippen molar-refractivity contribution in [1.29, 1.82) is 0 Å². The van der Waals surface area contributed by atoms with Gasteiger partial charge in [-0.05, 0) is 44.0 Å². The SMILES string of the molecule is c1ccc2c(CCNC3CCCNC3)coc2c1. The Morgan fingerprint density at radius 1 is 1.33 bits per heavy atom. The summed E-state index contributed by atoms with van der Waals surface area (Å²) in [6.45, 7) is 3.30. The molecule has 0 aliphatic carbocycles. The summed E-state index contributed by atoms with van der Waals surface area (Å²) in [6, 6.07) is 8.88. The molecule has 0 radical (unpaired) electrons. The number of hydrogen-bond acceptors (Lipinski definition) is 3. The van der Waals surface area contributed by atoms with Crippen LogP contribution in [0.1, 0.15) is 18.4 Å². The Balaban J connectivity index is 1.56. The van der Waals surface area contributed by atoms with E-state index in [0.717, 1.165) is 25.1 Å². The fourth-order valence-corrected chi connectivity index (χ4v) is 2.66. The van der Waals surface area contributed by atoms with Gasteiger partial charge in [-0.25, -0.2) is 0 Å². The van der Waals surface area contributed by atoms with Crippen molar-refractivity contribution in [2.24, 2.45) is 0 Å². The van der Waals surface area contributed by atoms with Gasteiger partial charge >= 0.3 is 0 Å². The van der Waals surface area contributed by atoms with Gasteiger partial charge in [0.1, 0.15) is 5.58 Å². The van der Waals surface area contributed by atoms with Gasteiger partial charge in [-0.15, -0.1) is 0 Å². The van der Waals surface area contributed by atoms with Crippen LogP contribution < -0.4 is 10.6 Å². The van der Waals surface area contributed by atoms with Crippen molar-refractivity contribution in [3.8, 4) is 0 Å². The molecule has 0 spiro atoms. The summed E-state index contributed by atoms with van der Waals surface area (Å²) in [7, 11) is 0. The minimum atomic E-state index is 0.636. The zero-order valence-electron chi connectivity index (χ0n) is 10.6. The summed E-state index contributed by atoms with van der Waals surface area (Å²) in [5.41, 5.74) is 2.30. The van der Waals surface area contributed by atoms with Gasteiger partial charge in [0.2, 0.25) is 0 Å². The molecule has 18 heavy (non-hydrogen) atoms. The number of para-hydroxylation sites is 1. The van der Waals surface area contributed by atoms with E-state index in [1.807, 2.05) is 18.4 Å². The maximum atomic E-state index is 5.55. The van der Waals surface area contributed by atoms with Crippen molar-refractivity contribution in [3.05, 3.63) is 36.1 Å². The highest BCUT2D eigenvalue weighted by Crippen LogP contribution is 2.20. The summed E-state index contributed by atoms with van der Waals surface area (Å²) in [4.78, 5) is 0. The van der Waals surface area contributed by atoms with E-state index in [1.165, 1.54) is 30.3 Å². The Morgan fingerprint density at radius 3 is 3.17 bits per heavy atom. The molecule has 1 aromatic carbocycles. The molecule has 0 bridgehead atoms. The second-order valence-electron chi connectivity index (χ2n) is 5.00. The highest BCUT2D eigenvalue weighted by molar-refractivity contribution is 5.80. The maximum Gasteiger partial charge on any atom is 0.134 e. The fraction of sp³-hybridized carbons (Fsp3) is 0.467. The molecule has 96 valence electrons. The van der Waals surface area contributed by atoms with Crippen molar-refractivity contribution >= 4 is 11.0 Å². The Labute approximate surface area is 108 Å². The molecule has 1 saturated heterocycles. The topological polar surface area (TPSA) is 37.2 Å². The Kier molecular flexibility index (Phi) is 3.62. The monoisotopic (exact) mass is 244 g/mol. The van der Waals surface area contributed by atoms with Crippen molar-refractivity contribution in [1.82, 2.24) is 10.6 Å². The second-order valence-corrected chi connectivity index (χ2v) is 5.00. The molecular formula is C15H20N2O. The second kappa shape index (κ2) is 5.55. The molecule has 2 heterocycles. The summed E-state index contributed by atoms with van der Waals surface area (Å²) in [6.07, 6.45) is 5.50. The summed E-state index contributed by atoms with van der Waals surface area (Å²) >= 11 is 0. The lowest BCUT2D eigenvalue weighted by molar-refractivity contribution is 0.392. The van der Waals surface area contributed by atoms with Crippen LogP contribution in [0.15, 0.2) is 34.9 Å². The van der Waals surface area contributed by atoms with Crippen LogP contribution in [-0.2, 0) is 6.42 Å². The van der Waals surface area contributed by atoms with E-state index in [2.05, 4.69) is 22.8 Å². The average Bonchev–Trinajstić information content (AvgIpc) is 2.84. The molecule has 1 unspecified atom stereocenters. The molecule has 2 N–H and O–H groups in total. The van der Waals surface area contributed by atoms with Crippen LogP contribution in [0.3, 0.4) is 0 Å². The van der Waals surface area contributed by atoms with E-state index in [-0.39, 0.29) is 0 Å². The first-order valence-electron chi connectivity index (χ1n) is 6.83. The van der Waals surface area contributed by atoms with Crippen molar-refractivity contribution in [2.75, 3.05) is 19.6 Å². The highest BCUT2D eigenvalue weighted by atomic mass is 16.3. The molecule has 1 aromatic heterocycles. The number of hydrogen-bond donors (Lipinski definition) is 2. The number of furan rings is 1. The Morgan fingerprint density at radius 2 is 2.28 bits per heavy atom. The van der Waals surface area contributed by atoms with E-state index < -0.39 is 0 Å². The van der Waals surface area contributed by atoms with Crippen LogP contribution in [0.2, 0.25) is 0 Å². The average molecular weight is 244 g/mol. The van der Waals surface area contributed by atoms with Crippen molar-refractivity contribution in [3.63, 3.8) is 0 Å². The number of rotatable bonds is 4. The summed E-state index contributed by atoms with van der Waals surface area (Å²) in [5.74, 6) is 0. The van der Waals surface area contributed by atoms with Gasteiger partial charge in [-0.2, -0.15) is 0 Å². The number of fused-ring (bicyclic) bond motifs is 1. The molecule has 2 aromatic rings. The number of piperidine rings is 1. The van der Waals surface area contributed by atoms with E-state index in [0.29, 0.717) is 6.04 Å². The van der Waals surface area contributed by atoms with Gasteiger partial charge in [0.25, 0.3) is 0 Å². The van der Waals surface area contributed by atoms with Gasteiger partial charge in [0.15, 0.2) is 0 Å². The van der Waals surface area contributed by atoms with E-state index in [4.69, 9.17) is 4.42 Å². The zero-order valence-corrected chi connectivity index (χ0v) is 10.6. The quantitative estimate of drug-likeness (QED) is 0.866. The summed E-state index contributed by atoms with van der Waals surface area (Å²) < 4.78 is 5.55. The van der Waals surface area contributed by atoms with Gasteiger partial charge < -0.3 is 15.1 Å². The first-order valence-corrected chi connectivity index (χ1v) is 6.83. The predicted octanol–water partition coefficient (Wildman–Crippen LogP) is 2.32. The van der Waals surface area contributed by atoms with Crippen molar-refractivity contribution in [2.45, 2.75) is 25.3 Å². The van der Waals surface area contributed by atoms with Crippen LogP contribution in [0.5, 0.6) is 0 Å². The van der Waals surface area contributed by atoms with Gasteiger partial charge in [0, 0.05) is 18.0 Å². The minimum Gasteiger partial charge on any atom is -0.464 e. The molecule has 0 saturated carbocycles. The smallest absolute Gasteiger partial charge is 0.134 e. The Bertz CT molecular complexity index is 500. The lowest BCUT2D eigenvalue weighted by Crippen LogP contribution is -2.43. The van der Waals surface area contributed by atoms with Gasteiger partial charge in [0.05, 0.1) is 6.26 Å². The first-order chi connectivity index (χ1) is 8.93. The zero-order chi connectivity index (χ0) is 12.2. The van der Waals surface area contributed by atoms with Crippen LogP contribution in [-0.4, -0.2) is 25.7 Å². The normalized spacial score (nSPS) is 20.3. The molecule has 1 atom stereocenters. The van der Waals surface area contributed by atoms with Crippen molar-refractivity contribution < 1.29 is 4.42 Å². The Hall–Kier alpha value is -1.32. The number of benzene rings is 1. The van der Waals surface area contributed by atoms with E-state index in [9.17, 15) is 0 Å². The predicted molar refractivity (Wildman–Crippen MR) is 73.8 cm³/mol. The van der Waals surface area contributed by atoms with Crippen LogP contribution in [0, 0.1) is 0 Å². The van der Waals surface area contributed by atoms with Gasteiger partial charge in [-0.3, -0.25) is 0 Å². The van der Waals surface area contributed by atoms with E-state index in [1.54, 1.807) is 0 Å². The molecule has 3 nitrogen and oxygen atoms in total. The fourth-order valence-electron chi connectivity index (χ4n) is 2.66. The third kappa shape index (κ3) is 2.57.